The number of rotatable bonds is 3. The van der Waals surface area contributed by atoms with Gasteiger partial charge in [-0.15, -0.1) is 0 Å². The summed E-state index contributed by atoms with van der Waals surface area (Å²) in [7, 11) is 0. The SMILES string of the molecule is Clc1cc(Cl)c(OCc2ccc3c(c2)OCO3)cc1Cl. The van der Waals surface area contributed by atoms with Gasteiger partial charge in [0.25, 0.3) is 0 Å². The maximum absolute atomic E-state index is 6.05. The molecule has 0 N–H and O–H groups in total. The van der Waals surface area contributed by atoms with Crippen LogP contribution in [-0.4, -0.2) is 6.79 Å². The van der Waals surface area contributed by atoms with E-state index in [1.807, 2.05) is 18.2 Å². The van der Waals surface area contributed by atoms with Gasteiger partial charge >= 0.3 is 0 Å². The van der Waals surface area contributed by atoms with Crippen LogP contribution < -0.4 is 14.2 Å². The van der Waals surface area contributed by atoms with Crippen LogP contribution in [0.3, 0.4) is 0 Å². The molecule has 2 aromatic rings. The Morgan fingerprint density at radius 3 is 2.50 bits per heavy atom. The van der Waals surface area contributed by atoms with E-state index in [2.05, 4.69) is 0 Å². The molecule has 0 bridgehead atoms. The summed E-state index contributed by atoms with van der Waals surface area (Å²) in [5, 5.41) is 1.21. The van der Waals surface area contributed by atoms with Gasteiger partial charge in [0.1, 0.15) is 12.4 Å². The number of halogens is 3. The number of fused-ring (bicyclic) bond motifs is 1. The third kappa shape index (κ3) is 2.75. The van der Waals surface area contributed by atoms with Gasteiger partial charge in [0, 0.05) is 6.07 Å². The number of hydrogen-bond donors (Lipinski definition) is 0. The van der Waals surface area contributed by atoms with Gasteiger partial charge in [0.15, 0.2) is 11.5 Å². The van der Waals surface area contributed by atoms with Crippen molar-refractivity contribution in [1.82, 2.24) is 0 Å². The fraction of sp³-hybridized carbons (Fsp3) is 0.143. The molecule has 0 fully saturated rings. The zero-order chi connectivity index (χ0) is 14.1. The molecule has 0 saturated heterocycles. The number of benzene rings is 2. The fourth-order valence-electron chi connectivity index (χ4n) is 1.81. The second-order valence-electron chi connectivity index (χ2n) is 4.17. The molecule has 0 saturated carbocycles. The Balaban J connectivity index is 1.75. The lowest BCUT2D eigenvalue weighted by atomic mass is 10.2. The first-order chi connectivity index (χ1) is 9.63. The van der Waals surface area contributed by atoms with Crippen LogP contribution in [0.1, 0.15) is 5.56 Å². The van der Waals surface area contributed by atoms with Crippen molar-refractivity contribution >= 4 is 34.8 Å². The van der Waals surface area contributed by atoms with Gasteiger partial charge in [0.05, 0.1) is 15.1 Å². The lowest BCUT2D eigenvalue weighted by Gasteiger charge is -2.09. The summed E-state index contributed by atoms with van der Waals surface area (Å²) in [6, 6.07) is 8.77. The lowest BCUT2D eigenvalue weighted by molar-refractivity contribution is 0.174. The minimum atomic E-state index is 0.248. The van der Waals surface area contributed by atoms with E-state index in [9.17, 15) is 0 Å². The Kier molecular flexibility index (Phi) is 3.83. The molecule has 0 spiro atoms. The van der Waals surface area contributed by atoms with Gasteiger partial charge in [-0.1, -0.05) is 40.9 Å². The Bertz CT molecular complexity index is 658. The summed E-state index contributed by atoms with van der Waals surface area (Å²) < 4.78 is 16.2. The maximum Gasteiger partial charge on any atom is 0.231 e. The van der Waals surface area contributed by atoms with Gasteiger partial charge < -0.3 is 14.2 Å². The summed E-state index contributed by atoms with van der Waals surface area (Å²) >= 11 is 17.9. The van der Waals surface area contributed by atoms with Crippen molar-refractivity contribution in [3.63, 3.8) is 0 Å². The van der Waals surface area contributed by atoms with Crippen LogP contribution in [0.25, 0.3) is 0 Å². The second-order valence-corrected chi connectivity index (χ2v) is 5.39. The zero-order valence-electron chi connectivity index (χ0n) is 10.2. The highest BCUT2D eigenvalue weighted by molar-refractivity contribution is 6.43. The van der Waals surface area contributed by atoms with Crippen molar-refractivity contribution in [2.45, 2.75) is 6.61 Å². The van der Waals surface area contributed by atoms with E-state index in [-0.39, 0.29) is 6.79 Å². The standard InChI is InChI=1S/C14H9Cl3O3/c15-9-4-11(17)13(5-10(9)16)18-6-8-1-2-12-14(3-8)20-7-19-12/h1-5H,6-7H2. The molecule has 1 aliphatic rings. The minimum absolute atomic E-state index is 0.248. The molecule has 3 rings (SSSR count). The summed E-state index contributed by atoms with van der Waals surface area (Å²) in [6.07, 6.45) is 0. The van der Waals surface area contributed by atoms with Crippen molar-refractivity contribution < 1.29 is 14.2 Å². The largest absolute Gasteiger partial charge is 0.487 e. The first-order valence-corrected chi connectivity index (χ1v) is 6.93. The maximum atomic E-state index is 6.05. The Morgan fingerprint density at radius 2 is 1.65 bits per heavy atom. The summed E-state index contributed by atoms with van der Waals surface area (Å²) in [5.41, 5.74) is 0.941. The number of ether oxygens (including phenoxy) is 3. The highest BCUT2D eigenvalue weighted by Gasteiger charge is 2.14. The van der Waals surface area contributed by atoms with Gasteiger partial charge in [-0.3, -0.25) is 0 Å². The molecule has 20 heavy (non-hydrogen) atoms. The third-order valence-electron chi connectivity index (χ3n) is 2.81. The van der Waals surface area contributed by atoms with E-state index in [1.54, 1.807) is 12.1 Å². The first-order valence-electron chi connectivity index (χ1n) is 5.79. The minimum Gasteiger partial charge on any atom is -0.487 e. The molecule has 0 radical (unpaired) electrons. The predicted molar refractivity (Wildman–Crippen MR) is 78.4 cm³/mol. The fourth-order valence-corrected chi connectivity index (χ4v) is 2.40. The monoisotopic (exact) mass is 330 g/mol. The quantitative estimate of drug-likeness (QED) is 0.744. The van der Waals surface area contributed by atoms with Gasteiger partial charge in [-0.25, -0.2) is 0 Å². The highest BCUT2D eigenvalue weighted by atomic mass is 35.5. The molecule has 0 atom stereocenters. The second kappa shape index (κ2) is 5.60. The average Bonchev–Trinajstić information content (AvgIpc) is 2.89. The third-order valence-corrected chi connectivity index (χ3v) is 3.82. The summed E-state index contributed by atoms with van der Waals surface area (Å²) in [4.78, 5) is 0. The smallest absolute Gasteiger partial charge is 0.231 e. The van der Waals surface area contributed by atoms with Crippen molar-refractivity contribution in [1.29, 1.82) is 0 Å². The van der Waals surface area contributed by atoms with E-state index in [0.29, 0.717) is 33.2 Å². The molecule has 1 heterocycles. The Hall–Kier alpha value is -1.29. The van der Waals surface area contributed by atoms with Crippen LogP contribution in [-0.2, 0) is 6.61 Å². The van der Waals surface area contributed by atoms with E-state index in [1.165, 1.54) is 0 Å². The van der Waals surface area contributed by atoms with Crippen LogP contribution in [0, 0.1) is 0 Å². The van der Waals surface area contributed by atoms with Crippen LogP contribution >= 0.6 is 34.8 Å². The summed E-state index contributed by atoms with van der Waals surface area (Å²) in [6.45, 7) is 0.590. The van der Waals surface area contributed by atoms with Crippen molar-refractivity contribution in [2.24, 2.45) is 0 Å². The van der Waals surface area contributed by atoms with Crippen LogP contribution in [0.2, 0.25) is 15.1 Å². The molecule has 0 unspecified atom stereocenters. The van der Waals surface area contributed by atoms with Crippen molar-refractivity contribution in [2.75, 3.05) is 6.79 Å². The average molecular weight is 332 g/mol. The topological polar surface area (TPSA) is 27.7 Å². The van der Waals surface area contributed by atoms with E-state index < -0.39 is 0 Å². The molecule has 104 valence electrons. The van der Waals surface area contributed by atoms with E-state index >= 15 is 0 Å². The molecular formula is C14H9Cl3O3. The molecule has 2 aromatic carbocycles. The summed E-state index contributed by atoms with van der Waals surface area (Å²) in [5.74, 6) is 1.94. The van der Waals surface area contributed by atoms with Crippen LogP contribution in [0.4, 0.5) is 0 Å². The zero-order valence-corrected chi connectivity index (χ0v) is 12.4. The van der Waals surface area contributed by atoms with Crippen LogP contribution in [0.15, 0.2) is 30.3 Å². The first kappa shape index (κ1) is 13.7. The Morgan fingerprint density at radius 1 is 0.900 bits per heavy atom. The molecule has 0 aromatic heterocycles. The van der Waals surface area contributed by atoms with E-state index in [4.69, 9.17) is 49.0 Å². The van der Waals surface area contributed by atoms with Gasteiger partial charge in [-0.2, -0.15) is 0 Å². The molecule has 0 aliphatic carbocycles. The van der Waals surface area contributed by atoms with Gasteiger partial charge in [-0.05, 0) is 23.8 Å². The molecule has 3 nitrogen and oxygen atoms in total. The van der Waals surface area contributed by atoms with Crippen molar-refractivity contribution in [3.05, 3.63) is 51.0 Å². The molecule has 1 aliphatic heterocycles. The predicted octanol–water partition coefficient (Wildman–Crippen LogP) is 4.95. The van der Waals surface area contributed by atoms with E-state index in [0.717, 1.165) is 11.3 Å². The molecule has 0 amide bonds. The molecular weight excluding hydrogens is 323 g/mol. The number of hydrogen-bond acceptors (Lipinski definition) is 3. The Labute approximate surface area is 130 Å². The normalized spacial score (nSPS) is 12.6. The highest BCUT2D eigenvalue weighted by Crippen LogP contribution is 2.35. The van der Waals surface area contributed by atoms with Gasteiger partial charge in [0.2, 0.25) is 6.79 Å². The van der Waals surface area contributed by atoms with Crippen LogP contribution in [0.5, 0.6) is 17.2 Å². The molecule has 6 heteroatoms. The lowest BCUT2D eigenvalue weighted by Crippen LogP contribution is -1.96. The van der Waals surface area contributed by atoms with Crippen molar-refractivity contribution in [3.8, 4) is 17.2 Å².